The van der Waals surface area contributed by atoms with Crippen LogP contribution in [0.15, 0.2) is 65.0 Å². The highest BCUT2D eigenvalue weighted by atomic mass is 35.5. The number of nitrogens with zero attached hydrogens (tertiary/aromatic N) is 1. The Balaban J connectivity index is 2.27. The highest BCUT2D eigenvalue weighted by Crippen LogP contribution is 2.32. The van der Waals surface area contributed by atoms with Crippen molar-refractivity contribution in [3.8, 4) is 0 Å². The van der Waals surface area contributed by atoms with Gasteiger partial charge in [-0.25, -0.2) is 0 Å². The molecule has 0 saturated carbocycles. The van der Waals surface area contributed by atoms with Gasteiger partial charge in [-0.2, -0.15) is 0 Å². The van der Waals surface area contributed by atoms with Crippen LogP contribution in [-0.4, -0.2) is 6.54 Å². The van der Waals surface area contributed by atoms with Crippen LogP contribution in [0.2, 0.25) is 0 Å². The standard InChI is InChI=1S/C17H21ClN2/c1-2-15(18)8-9-17-12-14(10-11-19)13-20(17)16-6-4-3-5-7-16/h3-9,13H,2,10-12,19H2,1H3. The first-order valence-electron chi connectivity index (χ1n) is 7.03. The maximum Gasteiger partial charge on any atom is 0.0452 e. The van der Waals surface area contributed by atoms with Crippen LogP contribution in [0, 0.1) is 0 Å². The Labute approximate surface area is 126 Å². The molecule has 3 heteroatoms. The van der Waals surface area contributed by atoms with Crippen molar-refractivity contribution in [3.63, 3.8) is 0 Å². The molecule has 0 atom stereocenters. The number of nitrogens with two attached hydrogens (primary N) is 1. The fourth-order valence-corrected chi connectivity index (χ4v) is 2.30. The molecule has 1 heterocycles. The zero-order valence-electron chi connectivity index (χ0n) is 11.8. The second-order valence-electron chi connectivity index (χ2n) is 4.83. The van der Waals surface area contributed by atoms with Gasteiger partial charge in [-0.1, -0.05) is 36.7 Å². The minimum absolute atomic E-state index is 0.688. The Morgan fingerprint density at radius 2 is 2.10 bits per heavy atom. The molecule has 1 aliphatic heterocycles. The van der Waals surface area contributed by atoms with Crippen molar-refractivity contribution in [3.05, 3.63) is 65.0 Å². The van der Waals surface area contributed by atoms with Crippen molar-refractivity contribution in [2.24, 2.45) is 5.73 Å². The predicted octanol–water partition coefficient (Wildman–Crippen LogP) is 4.55. The summed E-state index contributed by atoms with van der Waals surface area (Å²) in [7, 11) is 0. The first kappa shape index (κ1) is 14.9. The van der Waals surface area contributed by atoms with Crippen LogP contribution in [0.5, 0.6) is 0 Å². The normalized spacial score (nSPS) is 17.8. The Bertz CT molecular complexity index is 529. The molecule has 1 aromatic carbocycles. The molecule has 20 heavy (non-hydrogen) atoms. The van der Waals surface area contributed by atoms with E-state index in [0.29, 0.717) is 6.54 Å². The Kier molecular flexibility index (Phi) is 5.45. The summed E-state index contributed by atoms with van der Waals surface area (Å²) in [4.78, 5) is 2.22. The number of para-hydroxylation sites is 1. The monoisotopic (exact) mass is 288 g/mol. The third kappa shape index (κ3) is 3.75. The lowest BCUT2D eigenvalue weighted by Crippen LogP contribution is -2.09. The van der Waals surface area contributed by atoms with Gasteiger partial charge in [0, 0.05) is 29.0 Å². The summed E-state index contributed by atoms with van der Waals surface area (Å²) in [6.07, 6.45) is 9.04. The van der Waals surface area contributed by atoms with E-state index in [1.54, 1.807) is 0 Å². The number of anilines is 1. The zero-order valence-corrected chi connectivity index (χ0v) is 12.6. The molecule has 0 fully saturated rings. The molecule has 0 aliphatic carbocycles. The number of hydrogen-bond acceptors (Lipinski definition) is 2. The van der Waals surface area contributed by atoms with Crippen LogP contribution in [-0.2, 0) is 0 Å². The number of benzene rings is 1. The topological polar surface area (TPSA) is 29.3 Å². The lowest BCUT2D eigenvalue weighted by molar-refractivity contribution is 0.923. The van der Waals surface area contributed by atoms with Crippen molar-refractivity contribution in [2.75, 3.05) is 11.4 Å². The molecule has 1 aromatic rings. The molecule has 2 rings (SSSR count). The van der Waals surface area contributed by atoms with E-state index in [-0.39, 0.29) is 0 Å². The molecule has 0 aromatic heterocycles. The molecule has 2 N–H and O–H groups in total. The minimum atomic E-state index is 0.688. The average Bonchev–Trinajstić information content (AvgIpc) is 2.89. The second-order valence-corrected chi connectivity index (χ2v) is 5.32. The summed E-state index contributed by atoms with van der Waals surface area (Å²) < 4.78 is 0. The van der Waals surface area contributed by atoms with Gasteiger partial charge in [0.05, 0.1) is 0 Å². The first-order valence-corrected chi connectivity index (χ1v) is 7.41. The van der Waals surface area contributed by atoms with Crippen LogP contribution < -0.4 is 10.6 Å². The molecule has 0 spiro atoms. The maximum absolute atomic E-state index is 6.10. The van der Waals surface area contributed by atoms with Crippen molar-refractivity contribution < 1.29 is 0 Å². The van der Waals surface area contributed by atoms with Crippen molar-refractivity contribution in [1.29, 1.82) is 0 Å². The Morgan fingerprint density at radius 3 is 2.75 bits per heavy atom. The summed E-state index contributed by atoms with van der Waals surface area (Å²) in [5.41, 5.74) is 9.45. The summed E-state index contributed by atoms with van der Waals surface area (Å²) in [5, 5.41) is 0.873. The molecule has 106 valence electrons. The molecule has 0 saturated heterocycles. The van der Waals surface area contributed by atoms with Gasteiger partial charge >= 0.3 is 0 Å². The maximum atomic E-state index is 6.10. The smallest absolute Gasteiger partial charge is 0.0452 e. The SMILES string of the molecule is CCC(Cl)=CC=C1CC(CCN)=CN1c1ccccc1. The lowest BCUT2D eigenvalue weighted by Gasteiger charge is -2.18. The summed E-state index contributed by atoms with van der Waals surface area (Å²) >= 11 is 6.10. The average molecular weight is 289 g/mol. The molecule has 0 unspecified atom stereocenters. The van der Waals surface area contributed by atoms with Crippen LogP contribution in [0.25, 0.3) is 0 Å². The molecule has 1 aliphatic rings. The van der Waals surface area contributed by atoms with Crippen LogP contribution in [0.4, 0.5) is 5.69 Å². The van der Waals surface area contributed by atoms with Crippen molar-refractivity contribution in [1.82, 2.24) is 0 Å². The van der Waals surface area contributed by atoms with E-state index < -0.39 is 0 Å². The fraction of sp³-hybridized carbons (Fsp3) is 0.294. The van der Waals surface area contributed by atoms with Gasteiger partial charge in [0.15, 0.2) is 0 Å². The highest BCUT2D eigenvalue weighted by molar-refractivity contribution is 6.29. The van der Waals surface area contributed by atoms with Gasteiger partial charge in [0.2, 0.25) is 0 Å². The summed E-state index contributed by atoms with van der Waals surface area (Å²) in [6.45, 7) is 2.74. The quantitative estimate of drug-likeness (QED) is 0.861. The number of allylic oxidation sites excluding steroid dienone is 4. The van der Waals surface area contributed by atoms with E-state index in [1.807, 2.05) is 12.1 Å². The second kappa shape index (κ2) is 7.32. The first-order chi connectivity index (χ1) is 9.74. The third-order valence-corrected chi connectivity index (χ3v) is 3.72. The predicted molar refractivity (Wildman–Crippen MR) is 87.6 cm³/mol. The van der Waals surface area contributed by atoms with Gasteiger partial charge in [-0.3, -0.25) is 0 Å². The minimum Gasteiger partial charge on any atom is -0.330 e. The molecular formula is C17H21ClN2. The van der Waals surface area contributed by atoms with E-state index in [4.69, 9.17) is 17.3 Å². The molecule has 0 radical (unpaired) electrons. The largest absolute Gasteiger partial charge is 0.330 e. The summed E-state index contributed by atoms with van der Waals surface area (Å²) in [6, 6.07) is 10.4. The number of rotatable bonds is 5. The number of halogens is 1. The van der Waals surface area contributed by atoms with Gasteiger partial charge in [0.1, 0.15) is 0 Å². The van der Waals surface area contributed by atoms with Gasteiger partial charge in [0.25, 0.3) is 0 Å². The van der Waals surface area contributed by atoms with Gasteiger partial charge in [-0.15, -0.1) is 0 Å². The summed E-state index contributed by atoms with van der Waals surface area (Å²) in [5.74, 6) is 0. The highest BCUT2D eigenvalue weighted by Gasteiger charge is 2.18. The van der Waals surface area contributed by atoms with E-state index in [9.17, 15) is 0 Å². The zero-order chi connectivity index (χ0) is 14.4. The Morgan fingerprint density at radius 1 is 1.35 bits per heavy atom. The Hall–Kier alpha value is -1.51. The third-order valence-electron chi connectivity index (χ3n) is 3.32. The van der Waals surface area contributed by atoms with E-state index >= 15 is 0 Å². The fourth-order valence-electron chi connectivity index (χ4n) is 2.24. The van der Waals surface area contributed by atoms with E-state index in [2.05, 4.69) is 48.4 Å². The molecule has 0 bridgehead atoms. The lowest BCUT2D eigenvalue weighted by atomic mass is 10.1. The van der Waals surface area contributed by atoms with E-state index in [1.165, 1.54) is 17.0 Å². The van der Waals surface area contributed by atoms with Crippen molar-refractivity contribution in [2.45, 2.75) is 26.2 Å². The van der Waals surface area contributed by atoms with Crippen molar-refractivity contribution >= 4 is 17.3 Å². The van der Waals surface area contributed by atoms with Crippen LogP contribution >= 0.6 is 11.6 Å². The van der Waals surface area contributed by atoms with E-state index in [0.717, 1.165) is 24.3 Å². The molecule has 0 amide bonds. The molecule has 2 nitrogen and oxygen atoms in total. The molecular weight excluding hydrogens is 268 g/mol. The number of hydrogen-bond donors (Lipinski definition) is 1. The van der Waals surface area contributed by atoms with Crippen LogP contribution in [0.1, 0.15) is 26.2 Å². The van der Waals surface area contributed by atoms with Crippen LogP contribution in [0.3, 0.4) is 0 Å². The van der Waals surface area contributed by atoms with Gasteiger partial charge in [-0.05, 0) is 49.2 Å². The van der Waals surface area contributed by atoms with Gasteiger partial charge < -0.3 is 10.6 Å².